The number of aromatic amines is 1. The number of thioether (sulfide) groups is 1. The molecule has 1 saturated heterocycles. The molecule has 1 atom stereocenters. The third-order valence-corrected chi connectivity index (χ3v) is 5.14. The van der Waals surface area contributed by atoms with Crippen LogP contribution in [0.15, 0.2) is 36.8 Å². The Labute approximate surface area is 136 Å². The van der Waals surface area contributed by atoms with Crippen LogP contribution in [-0.2, 0) is 0 Å². The lowest BCUT2D eigenvalue weighted by Gasteiger charge is -2.40. The molecule has 0 spiro atoms. The molecular weight excluding hydrogens is 292 g/mol. The lowest BCUT2D eigenvalue weighted by Crippen LogP contribution is -2.46. The molecule has 0 radical (unpaired) electrons. The number of H-pyrrole nitrogens is 1. The second-order valence-electron chi connectivity index (χ2n) is 5.92. The molecule has 0 bridgehead atoms. The summed E-state index contributed by atoms with van der Waals surface area (Å²) < 4.78 is 0. The van der Waals surface area contributed by atoms with E-state index in [1.807, 2.05) is 24.2 Å². The van der Waals surface area contributed by atoms with E-state index in [1.54, 1.807) is 0 Å². The van der Waals surface area contributed by atoms with E-state index >= 15 is 0 Å². The molecule has 118 valence electrons. The number of pyridine rings is 1. The van der Waals surface area contributed by atoms with Crippen molar-refractivity contribution in [2.24, 2.45) is 0 Å². The first-order chi connectivity index (χ1) is 10.7. The van der Waals surface area contributed by atoms with Gasteiger partial charge in [-0.05, 0) is 31.2 Å². The lowest BCUT2D eigenvalue weighted by atomic mass is 10.0. The minimum atomic E-state index is 0.521. The van der Waals surface area contributed by atoms with E-state index < -0.39 is 0 Å². The molecule has 2 aromatic rings. The molecule has 1 N–H and O–H groups in total. The molecule has 5 heteroatoms. The molecule has 1 aliphatic heterocycles. The summed E-state index contributed by atoms with van der Waals surface area (Å²) in [7, 11) is 2.20. The standard InChI is InChI=1S/C17H24N4S/c1-13(12-22-3)21-10-4-5-14(11-21)20(2)16-7-9-19-17-15(16)6-8-18-17/h6-9,14H,1,4-5,10-12H2,2-3H3,(H,18,19)/t14-/m1/s1. The molecule has 4 nitrogen and oxygen atoms in total. The zero-order chi connectivity index (χ0) is 15.5. The topological polar surface area (TPSA) is 35.2 Å². The van der Waals surface area contributed by atoms with E-state index in [2.05, 4.69) is 51.8 Å². The van der Waals surface area contributed by atoms with Gasteiger partial charge in [-0.2, -0.15) is 11.8 Å². The van der Waals surface area contributed by atoms with Gasteiger partial charge in [-0.1, -0.05) is 6.58 Å². The number of hydrogen-bond acceptors (Lipinski definition) is 4. The Morgan fingerprint density at radius 1 is 1.55 bits per heavy atom. The zero-order valence-electron chi connectivity index (χ0n) is 13.4. The van der Waals surface area contributed by atoms with Crippen LogP contribution < -0.4 is 4.90 Å². The average molecular weight is 316 g/mol. The SMILES string of the molecule is C=C(CSC)N1CCC[C@@H](N(C)c2ccnc3[nH]ccc23)C1. The summed E-state index contributed by atoms with van der Waals surface area (Å²) in [5.41, 5.74) is 3.48. The fourth-order valence-corrected chi connectivity index (χ4v) is 3.78. The van der Waals surface area contributed by atoms with Gasteiger partial charge in [0.05, 0.1) is 0 Å². The fraction of sp³-hybridized carbons (Fsp3) is 0.471. The number of fused-ring (bicyclic) bond motifs is 1. The van der Waals surface area contributed by atoms with Crippen molar-refractivity contribution < 1.29 is 0 Å². The summed E-state index contributed by atoms with van der Waals surface area (Å²) in [5, 5.41) is 1.20. The first-order valence-electron chi connectivity index (χ1n) is 7.77. The minimum absolute atomic E-state index is 0.521. The van der Waals surface area contributed by atoms with Crippen LogP contribution >= 0.6 is 11.8 Å². The van der Waals surface area contributed by atoms with Gasteiger partial charge in [0.2, 0.25) is 0 Å². The van der Waals surface area contributed by atoms with Crippen LogP contribution in [-0.4, -0.2) is 53.1 Å². The van der Waals surface area contributed by atoms with E-state index in [9.17, 15) is 0 Å². The molecule has 1 aliphatic rings. The summed E-state index contributed by atoms with van der Waals surface area (Å²) >= 11 is 1.85. The van der Waals surface area contributed by atoms with Gasteiger partial charge in [0.1, 0.15) is 5.65 Å². The second-order valence-corrected chi connectivity index (χ2v) is 6.79. The van der Waals surface area contributed by atoms with Crippen molar-refractivity contribution in [1.29, 1.82) is 0 Å². The van der Waals surface area contributed by atoms with E-state index in [-0.39, 0.29) is 0 Å². The first kappa shape index (κ1) is 15.3. The van der Waals surface area contributed by atoms with Gasteiger partial charge >= 0.3 is 0 Å². The normalized spacial score (nSPS) is 18.6. The van der Waals surface area contributed by atoms with Crippen molar-refractivity contribution in [2.45, 2.75) is 18.9 Å². The second kappa shape index (κ2) is 6.65. The predicted molar refractivity (Wildman–Crippen MR) is 96.6 cm³/mol. The summed E-state index contributed by atoms with van der Waals surface area (Å²) in [6.45, 7) is 6.45. The quantitative estimate of drug-likeness (QED) is 0.917. The fourth-order valence-electron chi connectivity index (χ4n) is 3.27. The van der Waals surface area contributed by atoms with Crippen LogP contribution in [0.5, 0.6) is 0 Å². The summed E-state index contributed by atoms with van der Waals surface area (Å²) in [5.74, 6) is 1.02. The Morgan fingerprint density at radius 3 is 3.23 bits per heavy atom. The van der Waals surface area contributed by atoms with Gasteiger partial charge in [0, 0.05) is 61.1 Å². The Kier molecular flexibility index (Phi) is 4.62. The Bertz CT molecular complexity index is 651. The highest BCUT2D eigenvalue weighted by molar-refractivity contribution is 7.98. The van der Waals surface area contributed by atoms with Crippen molar-refractivity contribution in [2.75, 3.05) is 37.0 Å². The minimum Gasteiger partial charge on any atom is -0.373 e. The van der Waals surface area contributed by atoms with E-state index in [1.165, 1.54) is 29.6 Å². The molecular formula is C17H24N4S. The van der Waals surface area contributed by atoms with Crippen LogP contribution in [0.1, 0.15) is 12.8 Å². The lowest BCUT2D eigenvalue weighted by molar-refractivity contribution is 0.258. The number of piperidine rings is 1. The van der Waals surface area contributed by atoms with Crippen molar-refractivity contribution in [1.82, 2.24) is 14.9 Å². The number of rotatable bonds is 5. The van der Waals surface area contributed by atoms with Crippen LogP contribution in [0.25, 0.3) is 11.0 Å². The van der Waals surface area contributed by atoms with Gasteiger partial charge in [0.15, 0.2) is 0 Å². The highest BCUT2D eigenvalue weighted by Gasteiger charge is 2.25. The van der Waals surface area contributed by atoms with Crippen molar-refractivity contribution in [3.05, 3.63) is 36.8 Å². The van der Waals surface area contributed by atoms with Gasteiger partial charge in [-0.25, -0.2) is 4.98 Å². The number of aromatic nitrogens is 2. The third kappa shape index (κ3) is 2.95. The van der Waals surface area contributed by atoms with Crippen LogP contribution in [0.2, 0.25) is 0 Å². The number of hydrogen-bond donors (Lipinski definition) is 1. The maximum absolute atomic E-state index is 4.39. The maximum atomic E-state index is 4.39. The molecule has 0 aromatic carbocycles. The van der Waals surface area contributed by atoms with Crippen molar-refractivity contribution >= 4 is 28.5 Å². The number of nitrogens with zero attached hydrogens (tertiary/aromatic N) is 3. The molecule has 0 amide bonds. The van der Waals surface area contributed by atoms with Crippen molar-refractivity contribution in [3.8, 4) is 0 Å². The van der Waals surface area contributed by atoms with Gasteiger partial charge in [-0.15, -0.1) is 0 Å². The van der Waals surface area contributed by atoms with Crippen molar-refractivity contribution in [3.63, 3.8) is 0 Å². The van der Waals surface area contributed by atoms with E-state index in [0.717, 1.165) is 24.5 Å². The number of likely N-dealkylation sites (N-methyl/N-ethyl adjacent to an activating group) is 1. The molecule has 0 aliphatic carbocycles. The maximum Gasteiger partial charge on any atom is 0.139 e. The summed E-state index contributed by atoms with van der Waals surface area (Å²) in [6.07, 6.45) is 8.44. The molecule has 3 heterocycles. The Balaban J connectivity index is 1.78. The molecule has 3 rings (SSSR count). The third-order valence-electron chi connectivity index (χ3n) is 4.52. The first-order valence-corrected chi connectivity index (χ1v) is 9.16. The zero-order valence-corrected chi connectivity index (χ0v) is 14.2. The Hall–Kier alpha value is -1.62. The largest absolute Gasteiger partial charge is 0.373 e. The number of anilines is 1. The molecule has 1 fully saturated rings. The highest BCUT2D eigenvalue weighted by atomic mass is 32.2. The summed E-state index contributed by atoms with van der Waals surface area (Å²) in [4.78, 5) is 12.5. The van der Waals surface area contributed by atoms with E-state index in [4.69, 9.17) is 0 Å². The molecule has 0 saturated carbocycles. The smallest absolute Gasteiger partial charge is 0.139 e. The van der Waals surface area contributed by atoms with Gasteiger partial charge < -0.3 is 14.8 Å². The van der Waals surface area contributed by atoms with Gasteiger partial charge in [0.25, 0.3) is 0 Å². The number of likely N-dealkylation sites (tertiary alicyclic amines) is 1. The molecule has 0 unspecified atom stereocenters. The highest BCUT2D eigenvalue weighted by Crippen LogP contribution is 2.28. The summed E-state index contributed by atoms with van der Waals surface area (Å²) in [6, 6.07) is 4.75. The van der Waals surface area contributed by atoms with Crippen LogP contribution in [0.3, 0.4) is 0 Å². The average Bonchev–Trinajstić information content (AvgIpc) is 3.03. The predicted octanol–water partition coefficient (Wildman–Crippen LogP) is 3.34. The monoisotopic (exact) mass is 316 g/mol. The molecule has 22 heavy (non-hydrogen) atoms. The molecule has 2 aromatic heterocycles. The van der Waals surface area contributed by atoms with Crippen LogP contribution in [0.4, 0.5) is 5.69 Å². The van der Waals surface area contributed by atoms with E-state index in [0.29, 0.717) is 6.04 Å². The van der Waals surface area contributed by atoms with Gasteiger partial charge in [-0.3, -0.25) is 0 Å². The Morgan fingerprint density at radius 2 is 2.41 bits per heavy atom. The van der Waals surface area contributed by atoms with Crippen LogP contribution in [0, 0.1) is 0 Å². The number of nitrogens with one attached hydrogen (secondary N) is 1.